The quantitative estimate of drug-likeness (QED) is 0.639. The van der Waals surface area contributed by atoms with Crippen LogP contribution in [-0.4, -0.2) is 16.0 Å². The number of allylic oxidation sites excluding steroid dienone is 4. The van der Waals surface area contributed by atoms with Gasteiger partial charge in [-0.05, 0) is 47.0 Å². The molecule has 2 N–H and O–H groups in total. The summed E-state index contributed by atoms with van der Waals surface area (Å²) >= 11 is 3.38. The molecule has 1 aromatic rings. The molecule has 3 rings (SSSR count). The van der Waals surface area contributed by atoms with Crippen LogP contribution >= 0.6 is 15.9 Å². The number of rotatable bonds is 3. The van der Waals surface area contributed by atoms with Gasteiger partial charge >= 0.3 is 0 Å². The first-order valence-corrected chi connectivity index (χ1v) is 8.11. The highest BCUT2D eigenvalue weighted by Gasteiger charge is 2.17. The monoisotopic (exact) mass is 357 g/mol. The summed E-state index contributed by atoms with van der Waals surface area (Å²) in [5.74, 6) is 0.590. The Morgan fingerprint density at radius 1 is 1.41 bits per heavy atom. The van der Waals surface area contributed by atoms with Crippen LogP contribution in [0, 0.1) is 11.3 Å². The Morgan fingerprint density at radius 3 is 2.95 bits per heavy atom. The van der Waals surface area contributed by atoms with Gasteiger partial charge in [0.05, 0.1) is 16.0 Å². The molecule has 22 heavy (non-hydrogen) atoms. The lowest BCUT2D eigenvalue weighted by molar-refractivity contribution is 0.743. The second-order valence-electron chi connectivity index (χ2n) is 5.29. The molecule has 2 aliphatic rings. The first-order valence-electron chi connectivity index (χ1n) is 7.31. The van der Waals surface area contributed by atoms with Crippen molar-refractivity contribution in [2.75, 3.05) is 5.32 Å². The highest BCUT2D eigenvalue weighted by molar-refractivity contribution is 9.11. The molecule has 0 bridgehead atoms. The van der Waals surface area contributed by atoms with E-state index in [1.54, 1.807) is 12.3 Å². The fourth-order valence-electron chi connectivity index (χ4n) is 2.66. The first-order chi connectivity index (χ1) is 10.8. The minimum absolute atomic E-state index is 0.443. The van der Waals surface area contributed by atoms with Gasteiger partial charge in [-0.3, -0.25) is 0 Å². The van der Waals surface area contributed by atoms with Crippen molar-refractivity contribution < 1.29 is 0 Å². The van der Waals surface area contributed by atoms with E-state index in [-0.39, 0.29) is 0 Å². The van der Waals surface area contributed by atoms with E-state index in [4.69, 9.17) is 0 Å². The van der Waals surface area contributed by atoms with Crippen LogP contribution in [0.15, 0.2) is 40.8 Å². The Hall–Kier alpha value is -2.13. The Bertz CT molecular complexity index is 693. The number of nitrogens with zero attached hydrogens (tertiary/aromatic N) is 3. The molecular weight excluding hydrogens is 342 g/mol. The van der Waals surface area contributed by atoms with Gasteiger partial charge in [0.2, 0.25) is 5.95 Å². The van der Waals surface area contributed by atoms with Crippen LogP contribution in [0.5, 0.6) is 0 Å². The molecule has 0 atom stereocenters. The van der Waals surface area contributed by atoms with Gasteiger partial charge in [-0.25, -0.2) is 9.97 Å². The summed E-state index contributed by atoms with van der Waals surface area (Å²) in [6, 6.07) is 4.43. The van der Waals surface area contributed by atoms with Gasteiger partial charge in [0, 0.05) is 12.2 Å². The maximum absolute atomic E-state index is 9.50. The lowest BCUT2D eigenvalue weighted by Gasteiger charge is -2.14. The van der Waals surface area contributed by atoms with Crippen LogP contribution in [-0.2, 0) is 0 Å². The van der Waals surface area contributed by atoms with Crippen molar-refractivity contribution in [1.82, 2.24) is 15.3 Å². The molecule has 1 fully saturated rings. The van der Waals surface area contributed by atoms with Crippen LogP contribution in [0.3, 0.4) is 0 Å². The van der Waals surface area contributed by atoms with Gasteiger partial charge in [0.15, 0.2) is 0 Å². The van der Waals surface area contributed by atoms with E-state index in [9.17, 15) is 5.26 Å². The Labute approximate surface area is 138 Å². The molecule has 0 aromatic carbocycles. The summed E-state index contributed by atoms with van der Waals surface area (Å²) in [5, 5.41) is 16.0. The highest BCUT2D eigenvalue weighted by Crippen LogP contribution is 2.23. The normalized spacial score (nSPS) is 20.1. The summed E-state index contributed by atoms with van der Waals surface area (Å²) in [6.07, 6.45) is 12.1. The summed E-state index contributed by atoms with van der Waals surface area (Å²) < 4.78 is 0.816. The van der Waals surface area contributed by atoms with E-state index in [0.717, 1.165) is 23.1 Å². The zero-order chi connectivity index (χ0) is 15.4. The molecule has 0 unspecified atom stereocenters. The minimum Gasteiger partial charge on any atom is -0.351 e. The summed E-state index contributed by atoms with van der Waals surface area (Å²) in [7, 11) is 0. The van der Waals surface area contributed by atoms with Crippen LogP contribution in [0.2, 0.25) is 0 Å². The van der Waals surface area contributed by atoms with E-state index < -0.39 is 0 Å². The minimum atomic E-state index is 0.443. The maximum Gasteiger partial charge on any atom is 0.223 e. The average Bonchev–Trinajstić information content (AvgIpc) is 3.01. The molecule has 6 heteroatoms. The predicted molar refractivity (Wildman–Crippen MR) is 89.7 cm³/mol. The third-order valence-corrected chi connectivity index (χ3v) is 4.20. The zero-order valence-corrected chi connectivity index (χ0v) is 13.6. The predicted octanol–water partition coefficient (Wildman–Crippen LogP) is 3.46. The number of anilines is 1. The van der Waals surface area contributed by atoms with E-state index in [0.29, 0.717) is 23.3 Å². The smallest absolute Gasteiger partial charge is 0.223 e. The van der Waals surface area contributed by atoms with Gasteiger partial charge in [0.25, 0.3) is 0 Å². The van der Waals surface area contributed by atoms with E-state index in [2.05, 4.69) is 42.6 Å². The number of aromatic nitrogens is 2. The molecule has 1 aromatic heterocycles. The lowest BCUT2D eigenvalue weighted by Crippen LogP contribution is -2.17. The number of hydrogen-bond acceptors (Lipinski definition) is 5. The second-order valence-corrected chi connectivity index (χ2v) is 6.14. The lowest BCUT2D eigenvalue weighted by atomic mass is 10.1. The number of nitrogens with one attached hydrogen (secondary N) is 2. The standard InChI is InChI=1S/C16H16BrN5/c17-15-7-3-6-13(21-15)12(10-18)14-8-9-19-16(22-14)20-11-4-1-2-5-11/h3,6-9,11,21H,1-2,4-5H2,(H,19,20,22). The molecule has 2 heterocycles. The molecule has 0 amide bonds. The first kappa shape index (κ1) is 14.8. The maximum atomic E-state index is 9.50. The number of nitriles is 1. The third-order valence-electron chi connectivity index (χ3n) is 3.74. The van der Waals surface area contributed by atoms with Gasteiger partial charge in [-0.1, -0.05) is 18.9 Å². The van der Waals surface area contributed by atoms with Gasteiger partial charge < -0.3 is 10.6 Å². The highest BCUT2D eigenvalue weighted by atomic mass is 79.9. The van der Waals surface area contributed by atoms with E-state index in [1.807, 2.05) is 18.2 Å². The number of hydrogen-bond donors (Lipinski definition) is 2. The number of dihydropyridines is 1. The molecule has 1 saturated carbocycles. The molecule has 0 spiro atoms. The van der Waals surface area contributed by atoms with Crippen molar-refractivity contribution in [3.8, 4) is 6.07 Å². The van der Waals surface area contributed by atoms with Crippen molar-refractivity contribution in [2.45, 2.75) is 31.7 Å². The average molecular weight is 358 g/mol. The zero-order valence-electron chi connectivity index (χ0n) is 12.0. The Kier molecular flexibility index (Phi) is 4.54. The molecule has 1 aliphatic heterocycles. The fourth-order valence-corrected chi connectivity index (χ4v) is 3.03. The van der Waals surface area contributed by atoms with Crippen LogP contribution in [0.1, 0.15) is 31.4 Å². The molecule has 1 aliphatic carbocycles. The topological polar surface area (TPSA) is 73.6 Å². The Morgan fingerprint density at radius 2 is 2.23 bits per heavy atom. The second kappa shape index (κ2) is 6.75. The van der Waals surface area contributed by atoms with Crippen LogP contribution < -0.4 is 10.6 Å². The van der Waals surface area contributed by atoms with Crippen molar-refractivity contribution >= 4 is 27.5 Å². The van der Waals surface area contributed by atoms with Crippen molar-refractivity contribution in [3.63, 3.8) is 0 Å². The third kappa shape index (κ3) is 3.37. The van der Waals surface area contributed by atoms with Crippen molar-refractivity contribution in [1.29, 1.82) is 5.26 Å². The molecule has 5 nitrogen and oxygen atoms in total. The summed E-state index contributed by atoms with van der Waals surface area (Å²) in [4.78, 5) is 8.76. The van der Waals surface area contributed by atoms with Crippen LogP contribution in [0.4, 0.5) is 5.95 Å². The van der Waals surface area contributed by atoms with Crippen molar-refractivity contribution in [3.05, 3.63) is 46.5 Å². The van der Waals surface area contributed by atoms with Crippen LogP contribution in [0.25, 0.3) is 5.57 Å². The van der Waals surface area contributed by atoms with E-state index in [1.165, 1.54) is 12.8 Å². The Balaban J connectivity index is 1.87. The van der Waals surface area contributed by atoms with Crippen molar-refractivity contribution in [2.24, 2.45) is 0 Å². The fraction of sp³-hybridized carbons (Fsp3) is 0.312. The summed E-state index contributed by atoms with van der Waals surface area (Å²) in [6.45, 7) is 0. The molecule has 0 saturated heterocycles. The molecule has 0 radical (unpaired) electrons. The molecule has 112 valence electrons. The SMILES string of the molecule is N#CC(=C1C=CC=C(Br)N1)c1ccnc(NC2CCCC2)n1. The number of halogens is 1. The largest absolute Gasteiger partial charge is 0.351 e. The van der Waals surface area contributed by atoms with E-state index >= 15 is 0 Å². The van der Waals surface area contributed by atoms with Gasteiger partial charge in [-0.2, -0.15) is 5.26 Å². The summed E-state index contributed by atoms with van der Waals surface area (Å²) in [5.41, 5.74) is 1.84. The molecular formula is C16H16BrN5. The van der Waals surface area contributed by atoms with Gasteiger partial charge in [0.1, 0.15) is 11.6 Å². The van der Waals surface area contributed by atoms with Gasteiger partial charge in [-0.15, -0.1) is 0 Å².